The van der Waals surface area contributed by atoms with Crippen LogP contribution >= 0.6 is 0 Å². The molecule has 0 saturated heterocycles. The highest BCUT2D eigenvalue weighted by atomic mass is 16.6. The molecule has 0 bridgehead atoms. The molecule has 0 radical (unpaired) electrons. The maximum atomic E-state index is 10.8. The molecule has 8 nitrogen and oxygen atoms in total. The van der Waals surface area contributed by atoms with Crippen molar-refractivity contribution >= 4 is 22.9 Å². The van der Waals surface area contributed by atoms with Gasteiger partial charge in [-0.3, -0.25) is 15.4 Å². The van der Waals surface area contributed by atoms with Crippen LogP contribution in [0.25, 0.3) is 0 Å². The van der Waals surface area contributed by atoms with Crippen LogP contribution in [-0.4, -0.2) is 29.5 Å². The lowest BCUT2D eigenvalue weighted by Gasteiger charge is -2.23. The van der Waals surface area contributed by atoms with Crippen LogP contribution in [0, 0.1) is 10.1 Å². The molecule has 0 fully saturated rings. The molecular weight excluding hydrogens is 298 g/mol. The summed E-state index contributed by atoms with van der Waals surface area (Å²) in [5.41, 5.74) is 1.79. The second kappa shape index (κ2) is 6.59. The van der Waals surface area contributed by atoms with Gasteiger partial charge in [-0.15, -0.1) is 0 Å². The van der Waals surface area contributed by atoms with Gasteiger partial charge in [0.15, 0.2) is 6.35 Å². The molecule has 1 aromatic carbocycles. The van der Waals surface area contributed by atoms with Crippen molar-refractivity contribution in [2.75, 3.05) is 23.5 Å². The van der Waals surface area contributed by atoms with E-state index in [1.807, 2.05) is 36.1 Å². The monoisotopic (exact) mass is 315 g/mol. The summed E-state index contributed by atoms with van der Waals surface area (Å²) in [4.78, 5) is 16.5. The first-order valence-corrected chi connectivity index (χ1v) is 7.27. The fourth-order valence-corrected chi connectivity index (χ4v) is 2.40. The molecule has 23 heavy (non-hydrogen) atoms. The van der Waals surface area contributed by atoms with E-state index in [4.69, 9.17) is 4.74 Å². The highest BCUT2D eigenvalue weighted by molar-refractivity contribution is 5.76. The number of fused-ring (bicyclic) bond motifs is 1. The Bertz CT molecular complexity index is 692. The maximum absolute atomic E-state index is 10.8. The van der Waals surface area contributed by atoms with Gasteiger partial charge in [0, 0.05) is 12.7 Å². The van der Waals surface area contributed by atoms with Gasteiger partial charge in [0.25, 0.3) is 5.69 Å². The molecule has 1 aliphatic rings. The Balaban J connectivity index is 1.94. The van der Waals surface area contributed by atoms with Crippen LogP contribution in [0.3, 0.4) is 0 Å². The zero-order valence-corrected chi connectivity index (χ0v) is 12.6. The number of para-hydroxylation sites is 2. The smallest absolute Gasteiger partial charge is 0.287 e. The van der Waals surface area contributed by atoms with Crippen molar-refractivity contribution in [1.82, 2.24) is 10.3 Å². The third-order valence-corrected chi connectivity index (χ3v) is 3.47. The topological polar surface area (TPSA) is 92.6 Å². The number of hydrogen-bond acceptors (Lipinski definition) is 7. The number of anilines is 3. The van der Waals surface area contributed by atoms with Crippen LogP contribution in [0.5, 0.6) is 0 Å². The Morgan fingerprint density at radius 2 is 2.22 bits per heavy atom. The average molecular weight is 315 g/mol. The Hall–Kier alpha value is -2.71. The van der Waals surface area contributed by atoms with E-state index in [-0.39, 0.29) is 12.0 Å². The molecule has 0 amide bonds. The van der Waals surface area contributed by atoms with Gasteiger partial charge in [-0.2, -0.15) is 0 Å². The predicted molar refractivity (Wildman–Crippen MR) is 86.5 cm³/mol. The Morgan fingerprint density at radius 3 is 2.91 bits per heavy atom. The number of rotatable bonds is 4. The van der Waals surface area contributed by atoms with E-state index in [2.05, 4.69) is 15.6 Å². The zero-order chi connectivity index (χ0) is 16.2. The van der Waals surface area contributed by atoms with E-state index in [0.29, 0.717) is 19.1 Å². The molecule has 2 heterocycles. The van der Waals surface area contributed by atoms with Crippen molar-refractivity contribution in [2.24, 2.45) is 0 Å². The van der Waals surface area contributed by atoms with Crippen LogP contribution in [0.1, 0.15) is 6.92 Å². The lowest BCUT2D eigenvalue weighted by atomic mass is 10.2. The first-order chi connectivity index (χ1) is 11.2. The quantitative estimate of drug-likeness (QED) is 0.661. The number of benzene rings is 1. The third-order valence-electron chi connectivity index (χ3n) is 3.47. The Morgan fingerprint density at radius 1 is 1.39 bits per heavy atom. The fraction of sp³-hybridized carbons (Fsp3) is 0.267. The van der Waals surface area contributed by atoms with E-state index in [1.54, 1.807) is 6.07 Å². The Kier molecular flexibility index (Phi) is 4.35. The van der Waals surface area contributed by atoms with Gasteiger partial charge in [-0.25, -0.2) is 4.98 Å². The van der Waals surface area contributed by atoms with E-state index < -0.39 is 4.92 Å². The lowest BCUT2D eigenvalue weighted by Crippen LogP contribution is -2.41. The minimum atomic E-state index is -0.460. The predicted octanol–water partition coefficient (Wildman–Crippen LogP) is 2.42. The SMILES string of the molecule is CCOC1NCN(c2ccc([N+](=O)[O-])cn2)c2ccccc2N1. The van der Waals surface area contributed by atoms with E-state index >= 15 is 0 Å². The van der Waals surface area contributed by atoms with Crippen molar-refractivity contribution in [3.8, 4) is 0 Å². The standard InChI is InChI=1S/C15H17N5O3/c1-2-23-15-17-10-19(13-6-4-3-5-12(13)18-15)14-8-7-11(9-16-14)20(21)22/h3-9,15,17-18H,2,10H2,1H3. The number of pyridine rings is 1. The largest absolute Gasteiger partial charge is 0.346 e. The minimum absolute atomic E-state index is 0.0323. The summed E-state index contributed by atoms with van der Waals surface area (Å²) < 4.78 is 5.60. The van der Waals surface area contributed by atoms with Crippen molar-refractivity contribution in [3.63, 3.8) is 0 Å². The van der Waals surface area contributed by atoms with Crippen molar-refractivity contribution in [3.05, 3.63) is 52.7 Å². The van der Waals surface area contributed by atoms with Crippen LogP contribution in [0.4, 0.5) is 22.9 Å². The number of aromatic nitrogens is 1. The first kappa shape index (κ1) is 15.2. The fourth-order valence-electron chi connectivity index (χ4n) is 2.40. The Labute approximate surface area is 133 Å². The summed E-state index contributed by atoms with van der Waals surface area (Å²) in [6.07, 6.45) is 0.945. The summed E-state index contributed by atoms with van der Waals surface area (Å²) in [5, 5.41) is 17.3. The highest BCUT2D eigenvalue weighted by Crippen LogP contribution is 2.32. The summed E-state index contributed by atoms with van der Waals surface area (Å²) in [5.74, 6) is 0.620. The van der Waals surface area contributed by atoms with E-state index in [0.717, 1.165) is 11.4 Å². The van der Waals surface area contributed by atoms with Gasteiger partial charge in [0.1, 0.15) is 12.0 Å². The second-order valence-electron chi connectivity index (χ2n) is 4.92. The molecule has 120 valence electrons. The van der Waals surface area contributed by atoms with Gasteiger partial charge < -0.3 is 15.0 Å². The van der Waals surface area contributed by atoms with Crippen LogP contribution in [-0.2, 0) is 4.74 Å². The van der Waals surface area contributed by atoms with E-state index in [9.17, 15) is 10.1 Å². The van der Waals surface area contributed by atoms with Gasteiger partial charge in [-0.05, 0) is 25.1 Å². The summed E-state index contributed by atoms with van der Waals surface area (Å²) in [6.45, 7) is 2.96. The number of nitro groups is 1. The molecule has 2 aromatic rings. The highest BCUT2D eigenvalue weighted by Gasteiger charge is 2.22. The summed E-state index contributed by atoms with van der Waals surface area (Å²) in [6, 6.07) is 10.9. The summed E-state index contributed by atoms with van der Waals surface area (Å²) in [7, 11) is 0. The van der Waals surface area contributed by atoms with Gasteiger partial charge in [0.2, 0.25) is 0 Å². The van der Waals surface area contributed by atoms with Crippen molar-refractivity contribution in [2.45, 2.75) is 13.3 Å². The van der Waals surface area contributed by atoms with Crippen LogP contribution < -0.4 is 15.5 Å². The number of hydrogen-bond donors (Lipinski definition) is 2. The second-order valence-corrected chi connectivity index (χ2v) is 4.92. The third kappa shape index (κ3) is 3.22. The van der Waals surface area contributed by atoms with Gasteiger partial charge >= 0.3 is 0 Å². The molecular formula is C15H17N5O3. The lowest BCUT2D eigenvalue weighted by molar-refractivity contribution is -0.385. The molecule has 8 heteroatoms. The van der Waals surface area contributed by atoms with Crippen LogP contribution in [0.2, 0.25) is 0 Å². The van der Waals surface area contributed by atoms with Gasteiger partial charge in [0.05, 0.1) is 23.0 Å². The maximum Gasteiger partial charge on any atom is 0.287 e. The molecule has 1 atom stereocenters. The van der Waals surface area contributed by atoms with Crippen molar-refractivity contribution < 1.29 is 9.66 Å². The molecule has 0 spiro atoms. The number of ether oxygens (including phenoxy) is 1. The average Bonchev–Trinajstić information content (AvgIpc) is 2.74. The molecule has 1 aromatic heterocycles. The number of nitrogens with one attached hydrogen (secondary N) is 2. The van der Waals surface area contributed by atoms with Crippen molar-refractivity contribution in [1.29, 1.82) is 0 Å². The molecule has 1 aliphatic heterocycles. The molecule has 1 unspecified atom stereocenters. The normalized spacial score (nSPS) is 17.1. The summed E-state index contributed by atoms with van der Waals surface area (Å²) >= 11 is 0. The number of nitrogens with zero attached hydrogens (tertiary/aromatic N) is 3. The van der Waals surface area contributed by atoms with Gasteiger partial charge in [-0.1, -0.05) is 12.1 Å². The molecule has 0 saturated carbocycles. The van der Waals surface area contributed by atoms with Crippen LogP contribution in [0.15, 0.2) is 42.6 Å². The minimum Gasteiger partial charge on any atom is -0.346 e. The molecule has 3 rings (SSSR count). The zero-order valence-electron chi connectivity index (χ0n) is 12.6. The first-order valence-electron chi connectivity index (χ1n) is 7.27. The van der Waals surface area contributed by atoms with E-state index in [1.165, 1.54) is 12.3 Å². The molecule has 2 N–H and O–H groups in total. The molecule has 0 aliphatic carbocycles.